The summed E-state index contributed by atoms with van der Waals surface area (Å²) in [6, 6.07) is 5.72. The minimum absolute atomic E-state index is 0.0795. The van der Waals surface area contributed by atoms with Crippen molar-refractivity contribution in [2.45, 2.75) is 56.9 Å². The summed E-state index contributed by atoms with van der Waals surface area (Å²) in [7, 11) is 0. The number of ketones is 1. The van der Waals surface area contributed by atoms with Crippen molar-refractivity contribution in [1.82, 2.24) is 30.1 Å². The van der Waals surface area contributed by atoms with Gasteiger partial charge in [-0.3, -0.25) is 14.7 Å². The van der Waals surface area contributed by atoms with Gasteiger partial charge < -0.3 is 15.5 Å². The lowest BCUT2D eigenvalue weighted by molar-refractivity contribution is -0.125. The number of carbonyl (C=O) groups is 2. The molecule has 0 bridgehead atoms. The van der Waals surface area contributed by atoms with E-state index in [1.54, 1.807) is 4.52 Å². The molecule has 0 aromatic carbocycles. The van der Waals surface area contributed by atoms with Gasteiger partial charge >= 0.3 is 0 Å². The van der Waals surface area contributed by atoms with Gasteiger partial charge in [-0.1, -0.05) is 0 Å². The molecule has 172 valence electrons. The van der Waals surface area contributed by atoms with Crippen molar-refractivity contribution < 1.29 is 9.59 Å². The van der Waals surface area contributed by atoms with E-state index in [1.165, 1.54) is 12.8 Å². The summed E-state index contributed by atoms with van der Waals surface area (Å²) in [6.45, 7) is 1.34. The van der Waals surface area contributed by atoms with Crippen molar-refractivity contribution in [3.05, 3.63) is 30.1 Å². The maximum Gasteiger partial charge on any atom is 0.246 e. The van der Waals surface area contributed by atoms with Crippen molar-refractivity contribution in [3.8, 4) is 0 Å². The van der Waals surface area contributed by atoms with Crippen LogP contribution in [0.25, 0.3) is 5.52 Å². The zero-order valence-electron chi connectivity index (χ0n) is 18.5. The molecule has 3 aromatic heterocycles. The maximum atomic E-state index is 13.2. The van der Waals surface area contributed by atoms with Crippen molar-refractivity contribution in [2.75, 3.05) is 23.3 Å². The van der Waals surface area contributed by atoms with E-state index in [0.717, 1.165) is 42.8 Å². The van der Waals surface area contributed by atoms with E-state index >= 15 is 0 Å². The maximum absolute atomic E-state index is 13.2. The fourth-order valence-corrected chi connectivity index (χ4v) is 4.98. The zero-order chi connectivity index (χ0) is 22.4. The number of hydrogen-bond acceptors (Lipinski definition) is 7. The first-order valence-corrected chi connectivity index (χ1v) is 11.9. The van der Waals surface area contributed by atoms with Crippen molar-refractivity contribution in [1.29, 1.82) is 0 Å². The molecule has 5 heterocycles. The third-order valence-electron chi connectivity index (χ3n) is 6.98. The molecule has 1 amide bonds. The van der Waals surface area contributed by atoms with Crippen molar-refractivity contribution in [2.24, 2.45) is 5.92 Å². The average Bonchev–Trinajstić information content (AvgIpc) is 3.20. The number of nitrogens with zero attached hydrogens (tertiary/aromatic N) is 5. The lowest BCUT2D eigenvalue weighted by Gasteiger charge is -2.27. The van der Waals surface area contributed by atoms with Gasteiger partial charge in [-0.05, 0) is 50.2 Å². The second-order valence-corrected chi connectivity index (χ2v) is 9.44. The van der Waals surface area contributed by atoms with E-state index in [2.05, 4.69) is 20.8 Å². The number of aromatic amines is 1. The van der Waals surface area contributed by atoms with Crippen LogP contribution < -0.4 is 15.5 Å². The van der Waals surface area contributed by atoms with Crippen LogP contribution in [-0.4, -0.2) is 55.6 Å². The summed E-state index contributed by atoms with van der Waals surface area (Å²) in [6.07, 6.45) is 7.80. The number of hydrogen-bond donors (Lipinski definition) is 3. The molecule has 10 heteroatoms. The first-order valence-electron chi connectivity index (χ1n) is 11.9. The van der Waals surface area contributed by atoms with E-state index < -0.39 is 0 Å². The highest BCUT2D eigenvalue weighted by molar-refractivity contribution is 5.88. The fourth-order valence-electron chi connectivity index (χ4n) is 4.98. The lowest BCUT2D eigenvalue weighted by Crippen LogP contribution is -2.41. The molecular weight excluding hydrogens is 420 g/mol. The minimum atomic E-state index is -0.227. The molecule has 3 N–H and O–H groups in total. The Hall–Kier alpha value is -3.43. The number of rotatable bonds is 7. The van der Waals surface area contributed by atoms with Crippen molar-refractivity contribution >= 4 is 34.8 Å². The molecule has 3 fully saturated rings. The largest absolute Gasteiger partial charge is 0.356 e. The number of fused-ring (bicyclic) bond motifs is 1. The van der Waals surface area contributed by atoms with Gasteiger partial charge in [0.05, 0.1) is 6.04 Å². The Kier molecular flexibility index (Phi) is 5.00. The molecule has 2 aliphatic heterocycles. The second-order valence-electron chi connectivity index (χ2n) is 9.44. The van der Waals surface area contributed by atoms with Gasteiger partial charge in [-0.15, -0.1) is 5.10 Å². The van der Waals surface area contributed by atoms with Gasteiger partial charge in [0, 0.05) is 49.8 Å². The number of amides is 1. The van der Waals surface area contributed by atoms with Crippen LogP contribution in [0.5, 0.6) is 0 Å². The Morgan fingerprint density at radius 3 is 2.97 bits per heavy atom. The third-order valence-corrected chi connectivity index (χ3v) is 6.98. The predicted octanol–water partition coefficient (Wildman–Crippen LogP) is 2.53. The van der Waals surface area contributed by atoms with Gasteiger partial charge in [0.1, 0.15) is 5.52 Å². The minimum Gasteiger partial charge on any atom is -0.356 e. The summed E-state index contributed by atoms with van der Waals surface area (Å²) >= 11 is 0. The number of nitrogens with one attached hydrogen (secondary N) is 3. The fraction of sp³-hybridized carbons (Fsp3) is 0.522. The van der Waals surface area contributed by atoms with Gasteiger partial charge in [0.15, 0.2) is 17.4 Å². The van der Waals surface area contributed by atoms with Crippen LogP contribution in [0.4, 0.5) is 17.6 Å². The molecule has 33 heavy (non-hydrogen) atoms. The number of piperidine rings is 1. The topological polar surface area (TPSA) is 120 Å². The number of H-pyrrole nitrogens is 1. The molecule has 10 nitrogen and oxygen atoms in total. The smallest absolute Gasteiger partial charge is 0.246 e. The summed E-state index contributed by atoms with van der Waals surface area (Å²) in [4.78, 5) is 31.5. The molecule has 2 saturated heterocycles. The van der Waals surface area contributed by atoms with E-state index in [9.17, 15) is 9.59 Å². The molecule has 2 atom stereocenters. The number of aromatic nitrogens is 5. The molecule has 3 aliphatic rings. The van der Waals surface area contributed by atoms with E-state index in [4.69, 9.17) is 10.1 Å². The molecule has 1 saturated carbocycles. The Labute approximate surface area is 191 Å². The third kappa shape index (κ3) is 4.05. The van der Waals surface area contributed by atoms with Gasteiger partial charge in [0.25, 0.3) is 0 Å². The Morgan fingerprint density at radius 1 is 1.24 bits per heavy atom. The Morgan fingerprint density at radius 2 is 2.15 bits per heavy atom. The number of anilines is 3. The first-order chi connectivity index (χ1) is 16.1. The molecule has 0 spiro atoms. The lowest BCUT2D eigenvalue weighted by atomic mass is 9.91. The highest BCUT2D eigenvalue weighted by Gasteiger charge is 2.34. The summed E-state index contributed by atoms with van der Waals surface area (Å²) in [5.74, 6) is 3.05. The van der Waals surface area contributed by atoms with Gasteiger partial charge in [0.2, 0.25) is 11.9 Å². The number of Topliss-reactive ketones (excluding diaryl/α,β-unsaturated/α-hetero) is 1. The molecule has 1 unspecified atom stereocenters. The van der Waals surface area contributed by atoms with Gasteiger partial charge in [-0.2, -0.15) is 10.1 Å². The first kappa shape index (κ1) is 20.2. The molecule has 0 radical (unpaired) electrons. The Balaban J connectivity index is 1.23. The highest BCUT2D eigenvalue weighted by Crippen LogP contribution is 2.39. The number of carbonyl (C=O) groups excluding carboxylic acids is 2. The summed E-state index contributed by atoms with van der Waals surface area (Å²) in [5.41, 5.74) is 2.01. The van der Waals surface area contributed by atoms with Crippen LogP contribution in [0.3, 0.4) is 0 Å². The Bertz CT molecular complexity index is 1190. The van der Waals surface area contributed by atoms with E-state index in [1.807, 2.05) is 29.3 Å². The standard InChI is InChI=1S/C23H28N8O2/c32-19(11-14-5-8-21(33)24-13-14)17-3-1-9-30(17)23-26-22(18-4-2-10-31(18)29-23)25-20-12-16(27-28-20)15-6-7-15/h2,4,10,12,14-15,17H,1,3,5-9,11,13H2,(H,24,33)(H2,25,26,27,28,29)/t14?,17-/m1/s1. The van der Waals surface area contributed by atoms with E-state index in [0.29, 0.717) is 37.1 Å². The molecule has 3 aromatic rings. The monoisotopic (exact) mass is 448 g/mol. The summed E-state index contributed by atoms with van der Waals surface area (Å²) < 4.78 is 1.80. The van der Waals surface area contributed by atoms with Crippen LogP contribution in [0, 0.1) is 5.92 Å². The molecular formula is C23H28N8O2. The van der Waals surface area contributed by atoms with Crippen LogP contribution in [0.2, 0.25) is 0 Å². The quantitative estimate of drug-likeness (QED) is 0.508. The van der Waals surface area contributed by atoms with E-state index in [-0.39, 0.29) is 23.7 Å². The van der Waals surface area contributed by atoms with Crippen LogP contribution in [0.1, 0.15) is 56.6 Å². The molecule has 6 rings (SSSR count). The average molecular weight is 449 g/mol. The van der Waals surface area contributed by atoms with Crippen LogP contribution >= 0.6 is 0 Å². The normalized spacial score (nSPS) is 23.2. The summed E-state index contributed by atoms with van der Waals surface area (Å²) in [5, 5.41) is 18.5. The second kappa shape index (κ2) is 8.17. The van der Waals surface area contributed by atoms with Crippen LogP contribution in [-0.2, 0) is 9.59 Å². The zero-order valence-corrected chi connectivity index (χ0v) is 18.5. The highest BCUT2D eigenvalue weighted by atomic mass is 16.1. The van der Waals surface area contributed by atoms with Crippen molar-refractivity contribution in [3.63, 3.8) is 0 Å². The predicted molar refractivity (Wildman–Crippen MR) is 123 cm³/mol. The van der Waals surface area contributed by atoms with Gasteiger partial charge in [-0.25, -0.2) is 4.52 Å². The molecule has 1 aliphatic carbocycles. The SMILES string of the molecule is O=C1CCC(CC(=O)[C@H]2CCCN2c2nc(Nc3cc(C4CC4)[nH]n3)c3cccn3n2)CN1. The van der Waals surface area contributed by atoms with Crippen LogP contribution in [0.15, 0.2) is 24.4 Å².